The molecule has 0 amide bonds. The average molecular weight is 416 g/mol. The maximum absolute atomic E-state index is 13.1. The number of hydrogen-bond acceptors (Lipinski definition) is 2. The van der Waals surface area contributed by atoms with Crippen molar-refractivity contribution >= 4 is 23.2 Å². The fourth-order valence-corrected chi connectivity index (χ4v) is 3.44. The van der Waals surface area contributed by atoms with Crippen LogP contribution in [0.2, 0.25) is 0 Å². The fourth-order valence-electron chi connectivity index (χ4n) is 3.44. The molecule has 1 N–H and O–H groups in total. The van der Waals surface area contributed by atoms with E-state index in [4.69, 9.17) is 4.74 Å². The minimum atomic E-state index is -0.224. The molecule has 0 unspecified atom stereocenters. The van der Waals surface area contributed by atoms with Crippen molar-refractivity contribution in [2.24, 2.45) is 0 Å². The molecule has 0 aliphatic heterocycles. The number of hydrogen-bond donors (Lipinski definition) is 1. The Hall–Kier alpha value is -2.10. The van der Waals surface area contributed by atoms with Crippen LogP contribution in [0.15, 0.2) is 60.7 Å². The van der Waals surface area contributed by atoms with E-state index >= 15 is 0 Å². The third-order valence-corrected chi connectivity index (χ3v) is 5.06. The van der Waals surface area contributed by atoms with Crippen LogP contribution in [0.5, 0.6) is 5.75 Å². The maximum Gasteiger partial charge on any atom is 0.124 e. The van der Waals surface area contributed by atoms with Crippen molar-refractivity contribution in [1.82, 2.24) is 5.32 Å². The van der Waals surface area contributed by atoms with Gasteiger partial charge in [0, 0.05) is 12.1 Å². The van der Waals surface area contributed by atoms with Crippen molar-refractivity contribution in [2.75, 3.05) is 6.54 Å². The minimum absolute atomic E-state index is 0. The van der Waals surface area contributed by atoms with E-state index in [1.807, 2.05) is 6.07 Å². The average Bonchev–Trinajstić information content (AvgIpc) is 2.73. The van der Waals surface area contributed by atoms with Crippen molar-refractivity contribution < 1.29 is 9.13 Å². The normalized spacial score (nSPS) is 10.7. The van der Waals surface area contributed by atoms with Gasteiger partial charge in [-0.3, -0.25) is 0 Å². The van der Waals surface area contributed by atoms with Crippen LogP contribution in [0, 0.1) is 5.82 Å². The van der Waals surface area contributed by atoms with Gasteiger partial charge in [0.25, 0.3) is 0 Å². The molecule has 0 fully saturated rings. The summed E-state index contributed by atoms with van der Waals surface area (Å²) in [7, 11) is 0. The molecule has 0 saturated carbocycles. The van der Waals surface area contributed by atoms with Crippen LogP contribution >= 0.6 is 12.4 Å². The molecule has 29 heavy (non-hydrogen) atoms. The van der Waals surface area contributed by atoms with Gasteiger partial charge < -0.3 is 10.1 Å². The lowest BCUT2D eigenvalue weighted by molar-refractivity contribution is 0.302. The van der Waals surface area contributed by atoms with E-state index in [0.717, 1.165) is 24.4 Å². The summed E-state index contributed by atoms with van der Waals surface area (Å²) in [4.78, 5) is 0. The highest BCUT2D eigenvalue weighted by molar-refractivity contribution is 5.87. The van der Waals surface area contributed by atoms with Crippen LogP contribution < -0.4 is 10.1 Å². The third kappa shape index (κ3) is 7.02. The third-order valence-electron chi connectivity index (χ3n) is 5.06. The summed E-state index contributed by atoms with van der Waals surface area (Å²) in [6, 6.07) is 19.0. The summed E-state index contributed by atoms with van der Waals surface area (Å²) in [5, 5.41) is 6.03. The quantitative estimate of drug-likeness (QED) is 0.339. The van der Waals surface area contributed by atoms with Crippen LogP contribution in [0.1, 0.15) is 50.2 Å². The molecule has 2 nitrogen and oxygen atoms in total. The molecule has 0 bridgehead atoms. The van der Waals surface area contributed by atoms with E-state index in [1.165, 1.54) is 60.6 Å². The Morgan fingerprint density at radius 2 is 1.62 bits per heavy atom. The Bertz CT molecular complexity index is 866. The molecule has 3 rings (SSSR count). The van der Waals surface area contributed by atoms with Crippen LogP contribution in [0.4, 0.5) is 4.39 Å². The van der Waals surface area contributed by atoms with Crippen LogP contribution in [-0.4, -0.2) is 6.54 Å². The second-order valence-corrected chi connectivity index (χ2v) is 7.27. The summed E-state index contributed by atoms with van der Waals surface area (Å²) in [5.41, 5.74) is 2.15. The zero-order valence-electron chi connectivity index (χ0n) is 17.1. The van der Waals surface area contributed by atoms with Crippen LogP contribution in [0.3, 0.4) is 0 Å². The zero-order valence-corrected chi connectivity index (χ0v) is 17.9. The summed E-state index contributed by atoms with van der Waals surface area (Å²) in [6.07, 6.45) is 6.40. The Balaban J connectivity index is 0.00000300. The molecule has 0 aromatic heterocycles. The standard InChI is InChI=1S/C25H30FNO.ClH/c1-2-3-4-5-8-17-27-18-24-23-10-7-6-9-21(23)13-16-25(24)28-19-20-11-14-22(26)15-12-20;/h6-7,9-16,27H,2-5,8,17-19H2,1H3;1H. The highest BCUT2D eigenvalue weighted by atomic mass is 35.5. The van der Waals surface area contributed by atoms with Crippen molar-refractivity contribution in [3.05, 3.63) is 77.6 Å². The van der Waals surface area contributed by atoms with Gasteiger partial charge in [0.2, 0.25) is 0 Å². The van der Waals surface area contributed by atoms with E-state index < -0.39 is 0 Å². The lowest BCUT2D eigenvalue weighted by Crippen LogP contribution is -2.16. The van der Waals surface area contributed by atoms with Gasteiger partial charge in [-0.25, -0.2) is 4.39 Å². The Labute approximate surface area is 179 Å². The van der Waals surface area contributed by atoms with Crippen molar-refractivity contribution in [2.45, 2.75) is 52.2 Å². The van der Waals surface area contributed by atoms with Gasteiger partial charge in [-0.15, -0.1) is 12.4 Å². The number of halogens is 2. The summed E-state index contributed by atoms with van der Waals surface area (Å²) >= 11 is 0. The SMILES string of the molecule is CCCCCCCNCc1c(OCc2ccc(F)cc2)ccc2ccccc12.Cl. The number of unbranched alkanes of at least 4 members (excludes halogenated alkanes) is 4. The number of nitrogens with one attached hydrogen (secondary N) is 1. The van der Waals surface area contributed by atoms with E-state index in [2.05, 4.69) is 42.6 Å². The molecule has 0 aliphatic rings. The highest BCUT2D eigenvalue weighted by Gasteiger charge is 2.09. The second kappa shape index (κ2) is 12.5. The molecule has 0 aliphatic carbocycles. The zero-order chi connectivity index (χ0) is 19.6. The monoisotopic (exact) mass is 415 g/mol. The Morgan fingerprint density at radius 3 is 2.41 bits per heavy atom. The fraction of sp³-hybridized carbons (Fsp3) is 0.360. The van der Waals surface area contributed by atoms with Gasteiger partial charge in [-0.2, -0.15) is 0 Å². The Kier molecular flexibility index (Phi) is 9.96. The Morgan fingerprint density at radius 1 is 0.862 bits per heavy atom. The van der Waals surface area contributed by atoms with E-state index in [1.54, 1.807) is 12.1 Å². The van der Waals surface area contributed by atoms with Crippen molar-refractivity contribution in [3.63, 3.8) is 0 Å². The first kappa shape index (κ1) is 23.2. The van der Waals surface area contributed by atoms with Gasteiger partial charge in [-0.05, 0) is 47.5 Å². The first-order valence-corrected chi connectivity index (χ1v) is 10.4. The van der Waals surface area contributed by atoms with Gasteiger partial charge in [0.1, 0.15) is 18.2 Å². The highest BCUT2D eigenvalue weighted by Crippen LogP contribution is 2.29. The predicted molar refractivity (Wildman–Crippen MR) is 122 cm³/mol. The number of ether oxygens (including phenoxy) is 1. The first-order valence-electron chi connectivity index (χ1n) is 10.4. The molecule has 3 aromatic carbocycles. The predicted octanol–water partition coefficient (Wildman–Crippen LogP) is 7.04. The number of benzene rings is 3. The summed E-state index contributed by atoms with van der Waals surface area (Å²) in [5.74, 6) is 0.666. The summed E-state index contributed by atoms with van der Waals surface area (Å²) < 4.78 is 19.2. The molecular formula is C25H31ClFNO. The molecule has 3 aromatic rings. The van der Waals surface area contributed by atoms with Gasteiger partial charge in [0.05, 0.1) is 0 Å². The minimum Gasteiger partial charge on any atom is -0.489 e. The smallest absolute Gasteiger partial charge is 0.124 e. The first-order chi connectivity index (χ1) is 13.8. The molecular weight excluding hydrogens is 385 g/mol. The topological polar surface area (TPSA) is 21.3 Å². The molecule has 0 spiro atoms. The largest absolute Gasteiger partial charge is 0.489 e. The van der Waals surface area contributed by atoms with Gasteiger partial charge in [0.15, 0.2) is 0 Å². The molecule has 4 heteroatoms. The number of rotatable bonds is 11. The molecule has 156 valence electrons. The maximum atomic E-state index is 13.1. The lowest BCUT2D eigenvalue weighted by Gasteiger charge is -2.15. The number of fused-ring (bicyclic) bond motifs is 1. The van der Waals surface area contributed by atoms with Crippen molar-refractivity contribution in [3.8, 4) is 5.75 Å². The molecule has 0 heterocycles. The van der Waals surface area contributed by atoms with E-state index in [0.29, 0.717) is 6.61 Å². The van der Waals surface area contributed by atoms with E-state index in [-0.39, 0.29) is 18.2 Å². The second-order valence-electron chi connectivity index (χ2n) is 7.27. The molecule has 0 saturated heterocycles. The van der Waals surface area contributed by atoms with Gasteiger partial charge >= 0.3 is 0 Å². The molecule has 0 atom stereocenters. The van der Waals surface area contributed by atoms with Crippen LogP contribution in [0.25, 0.3) is 10.8 Å². The van der Waals surface area contributed by atoms with Crippen molar-refractivity contribution in [1.29, 1.82) is 0 Å². The summed E-state index contributed by atoms with van der Waals surface area (Å²) in [6.45, 7) is 4.48. The lowest BCUT2D eigenvalue weighted by atomic mass is 10.0. The van der Waals surface area contributed by atoms with Crippen LogP contribution in [-0.2, 0) is 13.2 Å². The van der Waals surface area contributed by atoms with Gasteiger partial charge in [-0.1, -0.05) is 75.1 Å². The molecule has 0 radical (unpaired) electrons. The van der Waals surface area contributed by atoms with E-state index in [9.17, 15) is 4.39 Å².